The maximum Gasteiger partial charge on any atom is 0.306 e. The number of hydrogen-bond acceptors (Lipinski definition) is 7. The van der Waals surface area contributed by atoms with Gasteiger partial charge < -0.3 is 19.4 Å². The second-order valence-corrected chi connectivity index (χ2v) is 8.05. The van der Waals surface area contributed by atoms with E-state index in [1.807, 2.05) is 42.5 Å². The summed E-state index contributed by atoms with van der Waals surface area (Å²) >= 11 is 0. The van der Waals surface area contributed by atoms with Crippen LogP contribution < -0.4 is 5.56 Å². The molecule has 35 heavy (non-hydrogen) atoms. The highest BCUT2D eigenvalue weighted by Crippen LogP contribution is 2.19. The number of rotatable bonds is 9. The molecule has 9 heteroatoms. The van der Waals surface area contributed by atoms with Gasteiger partial charge in [0, 0.05) is 13.0 Å². The summed E-state index contributed by atoms with van der Waals surface area (Å²) in [5, 5.41) is 19.8. The average molecular weight is 472 g/mol. The Morgan fingerprint density at radius 2 is 1.89 bits per heavy atom. The first-order valence-electron chi connectivity index (χ1n) is 11.4. The summed E-state index contributed by atoms with van der Waals surface area (Å²) in [6.45, 7) is 2.15. The van der Waals surface area contributed by atoms with Gasteiger partial charge in [-0.3, -0.25) is 9.59 Å². The summed E-state index contributed by atoms with van der Waals surface area (Å²) in [7, 11) is 0. The number of para-hydroxylation sites is 4. The Morgan fingerprint density at radius 3 is 2.63 bits per heavy atom. The molecule has 0 atom stereocenters. The molecule has 2 heterocycles. The molecule has 2 aromatic heterocycles. The summed E-state index contributed by atoms with van der Waals surface area (Å²) < 4.78 is 6.85. The van der Waals surface area contributed by atoms with E-state index in [4.69, 9.17) is 4.74 Å². The lowest BCUT2D eigenvalue weighted by Gasteiger charge is -2.12. The zero-order valence-corrected chi connectivity index (χ0v) is 19.3. The molecule has 178 valence electrons. The van der Waals surface area contributed by atoms with Crippen molar-refractivity contribution in [3.63, 3.8) is 0 Å². The molecule has 4 rings (SSSR count). The van der Waals surface area contributed by atoms with Crippen LogP contribution in [0.3, 0.4) is 0 Å². The number of nitriles is 1. The first-order valence-corrected chi connectivity index (χ1v) is 11.4. The number of aromatic amines is 1. The topological polar surface area (TPSA) is 134 Å². The fourth-order valence-electron chi connectivity index (χ4n) is 3.79. The molecule has 0 saturated carbocycles. The monoisotopic (exact) mass is 471 g/mol. The molecule has 0 aliphatic carbocycles. The predicted octanol–water partition coefficient (Wildman–Crippen LogP) is 4.04. The van der Waals surface area contributed by atoms with Crippen LogP contribution >= 0.6 is 0 Å². The number of H-pyrrole nitrogens is 1. The lowest BCUT2D eigenvalue weighted by atomic mass is 10.2. The SMILES string of the molecule is CCCCn1c(=O)c(CCC(=O)OC/C(O)=C(\C#N)c2nc3ccccc3[nH]2)nc2ccccc21. The molecule has 0 bridgehead atoms. The number of aromatic nitrogens is 4. The van der Waals surface area contributed by atoms with Gasteiger partial charge in [0.25, 0.3) is 5.56 Å². The van der Waals surface area contributed by atoms with Crippen LogP contribution in [-0.2, 0) is 22.5 Å². The van der Waals surface area contributed by atoms with Crippen LogP contribution in [0.1, 0.15) is 37.7 Å². The second kappa shape index (κ2) is 10.7. The summed E-state index contributed by atoms with van der Waals surface area (Å²) in [5.74, 6) is -0.839. The number of unbranched alkanes of at least 4 members (excludes halogenated alkanes) is 1. The number of carbonyl (C=O) groups is 1. The number of aryl methyl sites for hydroxylation is 2. The van der Waals surface area contributed by atoms with Crippen LogP contribution in [-0.4, -0.2) is 37.2 Å². The van der Waals surface area contributed by atoms with E-state index in [0.29, 0.717) is 23.1 Å². The average Bonchev–Trinajstić information content (AvgIpc) is 3.30. The summed E-state index contributed by atoms with van der Waals surface area (Å²) in [6.07, 6.45) is 1.82. The van der Waals surface area contributed by atoms with Gasteiger partial charge in [-0.1, -0.05) is 37.6 Å². The van der Waals surface area contributed by atoms with Crippen molar-refractivity contribution in [2.75, 3.05) is 6.61 Å². The Morgan fingerprint density at radius 1 is 1.14 bits per heavy atom. The van der Waals surface area contributed by atoms with Gasteiger partial charge in [0.15, 0.2) is 11.6 Å². The van der Waals surface area contributed by atoms with Crippen LogP contribution in [0.5, 0.6) is 0 Å². The van der Waals surface area contributed by atoms with Gasteiger partial charge >= 0.3 is 5.97 Å². The Hall–Kier alpha value is -4.45. The molecular formula is C26H25N5O4. The minimum Gasteiger partial charge on any atom is -0.507 e. The fourth-order valence-corrected chi connectivity index (χ4v) is 3.79. The van der Waals surface area contributed by atoms with Crippen molar-refractivity contribution in [3.05, 3.63) is 76.2 Å². The Bertz CT molecular complexity index is 1480. The zero-order valence-electron chi connectivity index (χ0n) is 19.3. The van der Waals surface area contributed by atoms with Gasteiger partial charge in [-0.25, -0.2) is 9.97 Å². The van der Waals surface area contributed by atoms with E-state index in [2.05, 4.69) is 21.9 Å². The van der Waals surface area contributed by atoms with E-state index in [0.717, 1.165) is 18.4 Å². The minimum atomic E-state index is -0.618. The van der Waals surface area contributed by atoms with Crippen LogP contribution in [0.4, 0.5) is 0 Å². The van der Waals surface area contributed by atoms with Crippen LogP contribution in [0.25, 0.3) is 27.6 Å². The third-order valence-electron chi connectivity index (χ3n) is 5.62. The lowest BCUT2D eigenvalue weighted by Crippen LogP contribution is -2.26. The Labute approximate surface area is 201 Å². The molecule has 9 nitrogen and oxygen atoms in total. The number of nitrogens with zero attached hydrogens (tertiary/aromatic N) is 4. The predicted molar refractivity (Wildman–Crippen MR) is 131 cm³/mol. The smallest absolute Gasteiger partial charge is 0.306 e. The van der Waals surface area contributed by atoms with Crippen molar-refractivity contribution in [2.45, 2.75) is 39.2 Å². The number of esters is 1. The number of imidazole rings is 1. The number of allylic oxidation sites excluding steroid dienone is 1. The standard InChI is InChI=1S/C26H25N5O4/c1-2-3-14-31-22-11-7-6-10-20(22)28-21(26(31)34)12-13-24(33)35-16-23(32)17(15-27)25-29-18-8-4-5-9-19(18)30-25/h4-11,32H,2-3,12-14,16H2,1H3,(H,29,30)/b23-17-. The third-order valence-corrected chi connectivity index (χ3v) is 5.62. The van der Waals surface area contributed by atoms with E-state index in [9.17, 15) is 20.0 Å². The number of ether oxygens (including phenoxy) is 1. The highest BCUT2D eigenvalue weighted by atomic mass is 16.5. The van der Waals surface area contributed by atoms with Crippen LogP contribution in [0.2, 0.25) is 0 Å². The van der Waals surface area contributed by atoms with Crippen molar-refractivity contribution < 1.29 is 14.6 Å². The zero-order chi connectivity index (χ0) is 24.8. The molecule has 0 radical (unpaired) electrons. The molecule has 0 amide bonds. The van der Waals surface area contributed by atoms with E-state index < -0.39 is 18.3 Å². The lowest BCUT2D eigenvalue weighted by molar-refractivity contribution is -0.143. The van der Waals surface area contributed by atoms with Gasteiger partial charge in [0.05, 0.1) is 28.5 Å². The highest BCUT2D eigenvalue weighted by molar-refractivity contribution is 5.83. The van der Waals surface area contributed by atoms with Crippen LogP contribution in [0.15, 0.2) is 59.1 Å². The van der Waals surface area contributed by atoms with Crippen molar-refractivity contribution in [2.24, 2.45) is 0 Å². The van der Waals surface area contributed by atoms with E-state index in [-0.39, 0.29) is 35.5 Å². The molecule has 0 aliphatic heterocycles. The van der Waals surface area contributed by atoms with Gasteiger partial charge in [0.2, 0.25) is 0 Å². The normalized spacial score (nSPS) is 11.9. The second-order valence-electron chi connectivity index (χ2n) is 8.05. The van der Waals surface area contributed by atoms with E-state index >= 15 is 0 Å². The number of aliphatic hydroxyl groups is 1. The summed E-state index contributed by atoms with van der Waals surface area (Å²) in [6, 6.07) is 16.5. The van der Waals surface area contributed by atoms with E-state index in [1.54, 1.807) is 16.7 Å². The number of fused-ring (bicyclic) bond motifs is 2. The van der Waals surface area contributed by atoms with Gasteiger partial charge in [-0.15, -0.1) is 0 Å². The molecule has 2 aromatic carbocycles. The molecule has 4 aromatic rings. The van der Waals surface area contributed by atoms with E-state index in [1.165, 1.54) is 0 Å². The maximum absolute atomic E-state index is 13.0. The van der Waals surface area contributed by atoms with Gasteiger partial charge in [0.1, 0.15) is 23.9 Å². The van der Waals surface area contributed by atoms with Crippen LogP contribution in [0, 0.1) is 11.3 Å². The largest absolute Gasteiger partial charge is 0.507 e. The van der Waals surface area contributed by atoms with Gasteiger partial charge in [-0.05, 0) is 30.7 Å². The molecule has 2 N–H and O–H groups in total. The molecule has 0 unspecified atom stereocenters. The van der Waals surface area contributed by atoms with Crippen molar-refractivity contribution in [3.8, 4) is 6.07 Å². The van der Waals surface area contributed by atoms with Crippen molar-refractivity contribution in [1.29, 1.82) is 5.26 Å². The first-order chi connectivity index (χ1) is 17.0. The number of carbonyl (C=O) groups excluding carboxylic acids is 1. The third kappa shape index (κ3) is 5.22. The Balaban J connectivity index is 1.45. The molecule has 0 spiro atoms. The number of hydrogen-bond donors (Lipinski definition) is 2. The maximum atomic E-state index is 13.0. The quantitative estimate of drug-likeness (QED) is 0.214. The number of aliphatic hydroxyl groups excluding tert-OH is 1. The molecular weight excluding hydrogens is 446 g/mol. The molecule has 0 fully saturated rings. The fraction of sp³-hybridized carbons (Fsp3) is 0.269. The van der Waals surface area contributed by atoms with Gasteiger partial charge in [-0.2, -0.15) is 5.26 Å². The number of nitrogens with one attached hydrogen (secondary N) is 1. The number of benzene rings is 2. The molecule has 0 saturated heterocycles. The Kier molecular flexibility index (Phi) is 7.21. The summed E-state index contributed by atoms with van der Waals surface area (Å²) in [5.41, 5.74) is 2.78. The van der Waals surface area contributed by atoms with Crippen molar-refractivity contribution in [1.82, 2.24) is 19.5 Å². The minimum absolute atomic E-state index is 0.0891. The first kappa shape index (κ1) is 23.7. The molecule has 0 aliphatic rings. The highest BCUT2D eigenvalue weighted by Gasteiger charge is 2.16. The van der Waals surface area contributed by atoms with Crippen molar-refractivity contribution >= 4 is 33.6 Å². The summed E-state index contributed by atoms with van der Waals surface area (Å²) in [4.78, 5) is 37.0.